The van der Waals surface area contributed by atoms with Crippen LogP contribution in [0.2, 0.25) is 0 Å². The molecule has 9 heteroatoms. The minimum Gasteiger partial charge on any atom is -0.478 e. The van der Waals surface area contributed by atoms with Crippen LogP contribution >= 0.6 is 0 Å². The Morgan fingerprint density at radius 1 is 0.974 bits per heavy atom. The van der Waals surface area contributed by atoms with E-state index in [0.29, 0.717) is 50.3 Å². The topological polar surface area (TPSA) is 57.6 Å². The van der Waals surface area contributed by atoms with Gasteiger partial charge in [-0.3, -0.25) is 4.79 Å². The third-order valence-corrected chi connectivity index (χ3v) is 8.29. The Morgan fingerprint density at radius 3 is 2.23 bits per heavy atom. The average molecular weight is 544 g/mol. The standard InChI is InChI=1S/C30H26F5NO3/c1-28(32,30(33,34)35)22-9-12-24-21(16-22)8-13-25-29(24,17-18-2-10-23(31)11-3-18)14-15-36(25)26(37)19-4-6-20(7-5-19)27(38)39/h2-7,9-12,16,25H,8,13-15,17H2,1H3,(H,38,39)/t25-,28?,29-/m0/s1. The molecule has 39 heavy (non-hydrogen) atoms. The Balaban J connectivity index is 1.56. The van der Waals surface area contributed by atoms with Gasteiger partial charge in [-0.2, -0.15) is 13.2 Å². The highest BCUT2D eigenvalue weighted by molar-refractivity contribution is 5.96. The Morgan fingerprint density at radius 2 is 1.62 bits per heavy atom. The highest BCUT2D eigenvalue weighted by atomic mass is 19.4. The van der Waals surface area contributed by atoms with Gasteiger partial charge in [0.05, 0.1) is 5.56 Å². The number of carboxylic acids is 1. The van der Waals surface area contributed by atoms with Crippen molar-refractivity contribution in [1.29, 1.82) is 0 Å². The summed E-state index contributed by atoms with van der Waals surface area (Å²) in [5.74, 6) is -1.78. The van der Waals surface area contributed by atoms with Crippen LogP contribution in [0.25, 0.3) is 0 Å². The number of aryl methyl sites for hydroxylation is 1. The molecule has 1 aliphatic carbocycles. The van der Waals surface area contributed by atoms with E-state index in [1.807, 2.05) is 0 Å². The molecule has 1 N–H and O–H groups in total. The van der Waals surface area contributed by atoms with Crippen LogP contribution in [-0.4, -0.2) is 40.6 Å². The van der Waals surface area contributed by atoms with Gasteiger partial charge in [0.15, 0.2) is 0 Å². The van der Waals surface area contributed by atoms with Gasteiger partial charge in [-0.05, 0) is 91.3 Å². The highest BCUT2D eigenvalue weighted by Gasteiger charge is 2.55. The van der Waals surface area contributed by atoms with Crippen molar-refractivity contribution >= 4 is 11.9 Å². The molecule has 204 valence electrons. The van der Waals surface area contributed by atoms with Crippen LogP contribution in [0.1, 0.15) is 62.7 Å². The molecule has 1 aliphatic heterocycles. The Kier molecular flexibility index (Phi) is 6.51. The number of alkyl halides is 4. The number of fused-ring (bicyclic) bond motifs is 3. The van der Waals surface area contributed by atoms with Crippen LogP contribution < -0.4 is 0 Å². The molecule has 3 aromatic carbocycles. The van der Waals surface area contributed by atoms with Crippen LogP contribution in [0.4, 0.5) is 22.0 Å². The summed E-state index contributed by atoms with van der Waals surface area (Å²) in [6.07, 6.45) is -3.35. The van der Waals surface area contributed by atoms with Crippen LogP contribution in [0.3, 0.4) is 0 Å². The number of nitrogens with zero attached hydrogens (tertiary/aromatic N) is 1. The number of benzene rings is 3. The molecular weight excluding hydrogens is 517 g/mol. The first-order chi connectivity index (χ1) is 18.3. The largest absolute Gasteiger partial charge is 0.478 e. The first-order valence-corrected chi connectivity index (χ1v) is 12.6. The molecule has 3 aromatic rings. The second kappa shape index (κ2) is 9.47. The number of halogens is 5. The third-order valence-electron chi connectivity index (χ3n) is 8.29. The maximum Gasteiger partial charge on any atom is 0.426 e. The van der Waals surface area contributed by atoms with Gasteiger partial charge in [0.1, 0.15) is 5.82 Å². The van der Waals surface area contributed by atoms with E-state index in [9.17, 15) is 36.6 Å². The minimum atomic E-state index is -5.07. The summed E-state index contributed by atoms with van der Waals surface area (Å²) in [5.41, 5.74) is -2.08. The maximum atomic E-state index is 14.8. The van der Waals surface area contributed by atoms with Crippen molar-refractivity contribution in [2.45, 2.75) is 55.9 Å². The highest BCUT2D eigenvalue weighted by Crippen LogP contribution is 2.51. The minimum absolute atomic E-state index is 0.0553. The second-order valence-electron chi connectivity index (χ2n) is 10.5. The third kappa shape index (κ3) is 4.57. The lowest BCUT2D eigenvalue weighted by Crippen LogP contribution is -2.49. The monoisotopic (exact) mass is 543 g/mol. The molecule has 1 heterocycles. The molecule has 1 unspecified atom stereocenters. The van der Waals surface area contributed by atoms with Gasteiger partial charge in [0.25, 0.3) is 5.91 Å². The quantitative estimate of drug-likeness (QED) is 0.369. The molecule has 4 nitrogen and oxygen atoms in total. The smallest absolute Gasteiger partial charge is 0.426 e. The van der Waals surface area contributed by atoms with E-state index in [-0.39, 0.29) is 17.5 Å². The zero-order valence-corrected chi connectivity index (χ0v) is 21.1. The van der Waals surface area contributed by atoms with E-state index < -0.39 is 34.6 Å². The zero-order valence-electron chi connectivity index (χ0n) is 21.1. The average Bonchev–Trinajstić information content (AvgIpc) is 3.28. The van der Waals surface area contributed by atoms with Crippen LogP contribution in [0, 0.1) is 5.82 Å². The molecule has 0 saturated carbocycles. The zero-order chi connectivity index (χ0) is 28.2. The summed E-state index contributed by atoms with van der Waals surface area (Å²) >= 11 is 0. The van der Waals surface area contributed by atoms with Gasteiger partial charge in [-0.1, -0.05) is 30.3 Å². The Bertz CT molecular complexity index is 1420. The maximum absolute atomic E-state index is 14.8. The fourth-order valence-corrected chi connectivity index (χ4v) is 6.15. The van der Waals surface area contributed by atoms with Crippen LogP contribution in [0.5, 0.6) is 0 Å². The predicted octanol–water partition coefficient (Wildman–Crippen LogP) is 6.61. The molecule has 3 atom stereocenters. The first-order valence-electron chi connectivity index (χ1n) is 12.6. The molecule has 2 aliphatic rings. The fraction of sp³-hybridized carbons (Fsp3) is 0.333. The summed E-state index contributed by atoms with van der Waals surface area (Å²) < 4.78 is 68.8. The van der Waals surface area contributed by atoms with Gasteiger partial charge in [0, 0.05) is 23.6 Å². The number of aromatic carboxylic acids is 1. The molecule has 0 bridgehead atoms. The van der Waals surface area contributed by atoms with E-state index in [2.05, 4.69) is 0 Å². The van der Waals surface area contributed by atoms with Crippen molar-refractivity contribution < 1.29 is 36.6 Å². The number of carbonyl (C=O) groups excluding carboxylic acids is 1. The van der Waals surface area contributed by atoms with Gasteiger partial charge >= 0.3 is 12.1 Å². The second-order valence-corrected chi connectivity index (χ2v) is 10.5. The Hall–Kier alpha value is -3.75. The SMILES string of the molecule is CC(F)(c1ccc2c(c1)CC[C@@H]1N(C(=O)c3ccc(C(=O)O)cc3)CC[C@]21Cc1ccc(F)cc1)C(F)(F)F. The van der Waals surface area contributed by atoms with E-state index in [1.54, 1.807) is 23.1 Å². The van der Waals surface area contributed by atoms with Crippen molar-refractivity contribution in [2.75, 3.05) is 6.54 Å². The van der Waals surface area contributed by atoms with Crippen LogP contribution in [0.15, 0.2) is 66.7 Å². The lowest BCUT2D eigenvalue weighted by molar-refractivity contribution is -0.228. The molecule has 1 fully saturated rings. The summed E-state index contributed by atoms with van der Waals surface area (Å²) in [4.78, 5) is 26.5. The molecule has 1 amide bonds. The number of carboxylic acid groups (broad SMARTS) is 1. The summed E-state index contributed by atoms with van der Waals surface area (Å²) in [7, 11) is 0. The number of amides is 1. The van der Waals surface area contributed by atoms with Crippen LogP contribution in [-0.2, 0) is 23.9 Å². The normalized spacial score (nSPS) is 22.1. The molecule has 5 rings (SSSR count). The number of hydrogen-bond donors (Lipinski definition) is 1. The number of hydrogen-bond acceptors (Lipinski definition) is 2. The number of rotatable bonds is 5. The van der Waals surface area contributed by atoms with Crippen molar-refractivity contribution in [2.24, 2.45) is 0 Å². The van der Waals surface area contributed by atoms with Crippen molar-refractivity contribution in [3.8, 4) is 0 Å². The fourth-order valence-electron chi connectivity index (χ4n) is 6.15. The number of carbonyl (C=O) groups is 2. The van der Waals surface area contributed by atoms with E-state index in [1.165, 1.54) is 48.5 Å². The van der Waals surface area contributed by atoms with Gasteiger partial charge in [0.2, 0.25) is 5.67 Å². The van der Waals surface area contributed by atoms with Crippen molar-refractivity contribution in [1.82, 2.24) is 4.90 Å². The van der Waals surface area contributed by atoms with E-state index >= 15 is 0 Å². The molecule has 0 spiro atoms. The lowest BCUT2D eigenvalue weighted by Gasteiger charge is -2.44. The predicted molar refractivity (Wildman–Crippen MR) is 134 cm³/mol. The molecule has 1 saturated heterocycles. The molecule has 0 aromatic heterocycles. The van der Waals surface area contributed by atoms with Gasteiger partial charge < -0.3 is 10.0 Å². The van der Waals surface area contributed by atoms with Crippen molar-refractivity contribution in [3.05, 3.63) is 106 Å². The first kappa shape index (κ1) is 26.8. The summed E-state index contributed by atoms with van der Waals surface area (Å²) in [6.45, 7) is 0.885. The summed E-state index contributed by atoms with van der Waals surface area (Å²) in [6, 6.07) is 15.4. The Labute approximate surface area is 222 Å². The van der Waals surface area contributed by atoms with Crippen molar-refractivity contribution in [3.63, 3.8) is 0 Å². The molecular formula is C30H26F5NO3. The van der Waals surface area contributed by atoms with E-state index in [4.69, 9.17) is 0 Å². The summed E-state index contributed by atoms with van der Waals surface area (Å²) in [5, 5.41) is 9.17. The van der Waals surface area contributed by atoms with Gasteiger partial charge in [-0.25, -0.2) is 13.6 Å². The lowest BCUT2D eigenvalue weighted by atomic mass is 9.63. The molecule has 0 radical (unpaired) electrons. The van der Waals surface area contributed by atoms with Gasteiger partial charge in [-0.15, -0.1) is 0 Å². The number of likely N-dealkylation sites (tertiary alicyclic amines) is 1. The van der Waals surface area contributed by atoms with E-state index in [0.717, 1.165) is 11.1 Å².